The van der Waals surface area contributed by atoms with Gasteiger partial charge in [0.05, 0.1) is 12.0 Å². The van der Waals surface area contributed by atoms with Crippen LogP contribution in [0.2, 0.25) is 5.02 Å². The molecule has 31 heavy (non-hydrogen) atoms. The van der Waals surface area contributed by atoms with E-state index in [-0.39, 0.29) is 28.2 Å². The van der Waals surface area contributed by atoms with Crippen LogP contribution in [0.1, 0.15) is 24.0 Å². The van der Waals surface area contributed by atoms with E-state index in [1.54, 1.807) is 0 Å². The summed E-state index contributed by atoms with van der Waals surface area (Å²) in [4.78, 5) is 17.5. The Balaban J connectivity index is 1.48. The van der Waals surface area contributed by atoms with Crippen molar-refractivity contribution in [3.8, 4) is 0 Å². The minimum absolute atomic E-state index is 0.0131. The van der Waals surface area contributed by atoms with Crippen molar-refractivity contribution in [2.75, 3.05) is 9.62 Å². The zero-order valence-corrected chi connectivity index (χ0v) is 18.0. The number of hydrogen-bond acceptors (Lipinski definition) is 6. The average Bonchev–Trinajstić information content (AvgIpc) is 3.32. The molecule has 0 unspecified atom stereocenters. The fourth-order valence-electron chi connectivity index (χ4n) is 3.83. The molecule has 1 spiro atoms. The van der Waals surface area contributed by atoms with E-state index in [4.69, 9.17) is 11.6 Å². The van der Waals surface area contributed by atoms with Gasteiger partial charge >= 0.3 is 0 Å². The van der Waals surface area contributed by atoms with Gasteiger partial charge in [-0.1, -0.05) is 11.6 Å². The Labute approximate surface area is 184 Å². The summed E-state index contributed by atoms with van der Waals surface area (Å²) < 4.78 is 59.3. The zero-order valence-electron chi connectivity index (χ0n) is 15.6. The molecule has 1 aliphatic carbocycles. The first-order valence-corrected chi connectivity index (χ1v) is 11.7. The second kappa shape index (κ2) is 6.94. The van der Waals surface area contributed by atoms with E-state index in [0.717, 1.165) is 23.7 Å². The number of nitrogens with one attached hydrogen (secondary N) is 1. The third kappa shape index (κ3) is 3.27. The number of fused-ring (bicyclic) bond motifs is 2. The first kappa shape index (κ1) is 20.3. The predicted molar refractivity (Wildman–Crippen MR) is 111 cm³/mol. The first-order chi connectivity index (χ1) is 14.7. The Morgan fingerprint density at radius 2 is 2.00 bits per heavy atom. The van der Waals surface area contributed by atoms with Crippen LogP contribution in [0.25, 0.3) is 0 Å². The van der Waals surface area contributed by atoms with Crippen molar-refractivity contribution in [3.05, 3.63) is 64.4 Å². The molecule has 1 fully saturated rings. The van der Waals surface area contributed by atoms with Crippen LogP contribution in [0.3, 0.4) is 0 Å². The third-order valence-electron chi connectivity index (χ3n) is 5.47. The van der Waals surface area contributed by atoms with Crippen LogP contribution in [0, 0.1) is 11.6 Å². The molecule has 160 valence electrons. The highest BCUT2D eigenvalue weighted by Gasteiger charge is 2.59. The van der Waals surface area contributed by atoms with Gasteiger partial charge in [-0.15, -0.1) is 0 Å². The molecule has 1 amide bonds. The standard InChI is InChI=1S/C19H13ClF2N4O3S2/c20-13-7-16(31(28,29)25-18-23-9-24-30-18)14(22)5-10(13)8-26-15-2-1-11(21)6-12(15)19(3-4-19)17(26)27/h1-2,5-7,9H,3-4,8H2,(H,23,24,25). The van der Waals surface area contributed by atoms with Crippen LogP contribution in [-0.4, -0.2) is 23.7 Å². The summed E-state index contributed by atoms with van der Waals surface area (Å²) in [6.45, 7) is -0.0703. The van der Waals surface area contributed by atoms with Gasteiger partial charge in [-0.05, 0) is 54.3 Å². The number of hydrogen-bond donors (Lipinski definition) is 1. The van der Waals surface area contributed by atoms with E-state index < -0.39 is 32.0 Å². The van der Waals surface area contributed by atoms with Crippen molar-refractivity contribution >= 4 is 49.9 Å². The molecule has 0 saturated heterocycles. The van der Waals surface area contributed by atoms with Crippen molar-refractivity contribution in [2.45, 2.75) is 29.7 Å². The number of carbonyl (C=O) groups excluding carboxylic acids is 1. The maximum absolute atomic E-state index is 14.8. The van der Waals surface area contributed by atoms with E-state index in [2.05, 4.69) is 14.1 Å². The van der Waals surface area contributed by atoms with Gasteiger partial charge in [-0.3, -0.25) is 9.52 Å². The highest BCUT2D eigenvalue weighted by atomic mass is 35.5. The number of carbonyl (C=O) groups is 1. The van der Waals surface area contributed by atoms with Gasteiger partial charge in [0.15, 0.2) is 0 Å². The zero-order chi connectivity index (χ0) is 22.0. The van der Waals surface area contributed by atoms with Gasteiger partial charge < -0.3 is 4.90 Å². The molecule has 1 N–H and O–H groups in total. The van der Waals surface area contributed by atoms with E-state index in [1.165, 1.54) is 29.4 Å². The number of sulfonamides is 1. The average molecular weight is 483 g/mol. The summed E-state index contributed by atoms with van der Waals surface area (Å²) in [5.41, 5.74) is 0.678. The Kier molecular flexibility index (Phi) is 4.54. The molecule has 5 rings (SSSR count). The normalized spacial score (nSPS) is 16.6. The van der Waals surface area contributed by atoms with Crippen molar-refractivity contribution in [1.82, 2.24) is 9.36 Å². The topological polar surface area (TPSA) is 92.3 Å². The number of benzene rings is 2. The van der Waals surface area contributed by atoms with Gasteiger partial charge in [0.25, 0.3) is 10.0 Å². The first-order valence-electron chi connectivity index (χ1n) is 9.11. The number of amides is 1. The van der Waals surface area contributed by atoms with Gasteiger partial charge in [-0.25, -0.2) is 22.2 Å². The SMILES string of the molecule is O=C1N(Cc2cc(F)c(S(=O)(=O)Nc3ncns3)cc2Cl)c2ccc(F)cc2C12CC2. The molecule has 1 aliphatic heterocycles. The summed E-state index contributed by atoms with van der Waals surface area (Å²) >= 11 is 7.07. The molecule has 2 aromatic carbocycles. The summed E-state index contributed by atoms with van der Waals surface area (Å²) in [6, 6.07) is 6.12. The quantitative estimate of drug-likeness (QED) is 0.596. The number of anilines is 2. The Hall–Kier alpha value is -2.63. The van der Waals surface area contributed by atoms with E-state index in [9.17, 15) is 22.0 Å². The molecule has 2 heterocycles. The number of rotatable bonds is 5. The number of nitrogens with zero attached hydrogens (tertiary/aromatic N) is 3. The molecule has 0 bridgehead atoms. The lowest BCUT2D eigenvalue weighted by molar-refractivity contribution is -0.120. The monoisotopic (exact) mass is 482 g/mol. The van der Waals surface area contributed by atoms with Gasteiger partial charge in [-0.2, -0.15) is 4.37 Å². The van der Waals surface area contributed by atoms with Gasteiger partial charge in [0.1, 0.15) is 22.9 Å². The Morgan fingerprint density at radius 3 is 2.68 bits per heavy atom. The summed E-state index contributed by atoms with van der Waals surface area (Å²) in [6.07, 6.45) is 2.41. The molecule has 12 heteroatoms. The fourth-order valence-corrected chi connectivity index (χ4v) is 5.87. The molecule has 7 nitrogen and oxygen atoms in total. The lowest BCUT2D eigenvalue weighted by Crippen LogP contribution is -2.31. The predicted octanol–water partition coefficient (Wildman–Crippen LogP) is 3.85. The molecule has 1 saturated carbocycles. The van der Waals surface area contributed by atoms with Crippen molar-refractivity contribution in [2.24, 2.45) is 0 Å². The summed E-state index contributed by atoms with van der Waals surface area (Å²) in [5.74, 6) is -1.65. The molecular weight excluding hydrogens is 470 g/mol. The van der Waals surface area contributed by atoms with Crippen LogP contribution in [-0.2, 0) is 26.8 Å². The maximum Gasteiger partial charge on any atom is 0.266 e. The van der Waals surface area contributed by atoms with Crippen LogP contribution in [0.5, 0.6) is 0 Å². The minimum atomic E-state index is -4.28. The highest BCUT2D eigenvalue weighted by Crippen LogP contribution is 2.57. The Bertz CT molecular complexity index is 1330. The molecule has 0 atom stereocenters. The second-order valence-electron chi connectivity index (χ2n) is 7.36. The largest absolute Gasteiger partial charge is 0.307 e. The fraction of sp³-hybridized carbons (Fsp3) is 0.211. The van der Waals surface area contributed by atoms with Crippen molar-refractivity contribution in [1.29, 1.82) is 0 Å². The van der Waals surface area contributed by atoms with E-state index in [0.29, 0.717) is 24.1 Å². The lowest BCUT2D eigenvalue weighted by Gasteiger charge is -2.19. The second-order valence-corrected chi connectivity index (χ2v) is 10.2. The third-order valence-corrected chi connectivity index (χ3v) is 7.89. The minimum Gasteiger partial charge on any atom is -0.307 e. The van der Waals surface area contributed by atoms with E-state index >= 15 is 0 Å². The van der Waals surface area contributed by atoms with Crippen molar-refractivity contribution < 1.29 is 22.0 Å². The molecule has 1 aromatic heterocycles. The maximum atomic E-state index is 14.8. The van der Waals surface area contributed by atoms with Crippen LogP contribution in [0.4, 0.5) is 19.6 Å². The van der Waals surface area contributed by atoms with Crippen LogP contribution < -0.4 is 9.62 Å². The summed E-state index contributed by atoms with van der Waals surface area (Å²) in [7, 11) is -4.28. The van der Waals surface area contributed by atoms with Gasteiger partial charge in [0, 0.05) is 22.2 Å². The van der Waals surface area contributed by atoms with E-state index in [1.807, 2.05) is 0 Å². The molecule has 3 aromatic rings. The van der Waals surface area contributed by atoms with Gasteiger partial charge in [0.2, 0.25) is 11.0 Å². The smallest absolute Gasteiger partial charge is 0.266 e. The highest BCUT2D eigenvalue weighted by molar-refractivity contribution is 7.93. The Morgan fingerprint density at radius 1 is 1.23 bits per heavy atom. The van der Waals surface area contributed by atoms with Crippen LogP contribution in [0.15, 0.2) is 41.6 Å². The molecule has 2 aliphatic rings. The number of halogens is 3. The molecule has 0 radical (unpaired) electrons. The lowest BCUT2D eigenvalue weighted by atomic mass is 9.98. The summed E-state index contributed by atoms with van der Waals surface area (Å²) in [5, 5.41) is -0.0342. The van der Waals surface area contributed by atoms with Crippen molar-refractivity contribution in [3.63, 3.8) is 0 Å². The van der Waals surface area contributed by atoms with Crippen LogP contribution >= 0.6 is 23.1 Å². The molecular formula is C19H13ClF2N4O3S2. The number of aromatic nitrogens is 2.